The predicted octanol–water partition coefficient (Wildman–Crippen LogP) is 4.27. The Morgan fingerprint density at radius 1 is 1.08 bits per heavy atom. The second kappa shape index (κ2) is 10.6. The summed E-state index contributed by atoms with van der Waals surface area (Å²) in [4.78, 5) is 16.8. The summed E-state index contributed by atoms with van der Waals surface area (Å²) >= 11 is 0. The van der Waals surface area contributed by atoms with Crippen molar-refractivity contribution in [1.29, 1.82) is 0 Å². The molecule has 0 saturated heterocycles. The molecule has 0 aliphatic carbocycles. The molecule has 1 unspecified atom stereocenters. The zero-order valence-electron chi connectivity index (χ0n) is 19.9. The molecule has 37 heavy (non-hydrogen) atoms. The van der Waals surface area contributed by atoms with E-state index < -0.39 is 33.3 Å². The number of fused-ring (bicyclic) bond motifs is 1. The summed E-state index contributed by atoms with van der Waals surface area (Å²) in [5.74, 6) is -1.34. The van der Waals surface area contributed by atoms with Gasteiger partial charge in [-0.15, -0.1) is 0 Å². The molecular formula is C26H24F2N2O6S. The second-order valence-corrected chi connectivity index (χ2v) is 10.3. The normalized spacial score (nSPS) is 12.4. The first-order valence-corrected chi connectivity index (χ1v) is 13.0. The van der Waals surface area contributed by atoms with Gasteiger partial charge in [0.25, 0.3) is 0 Å². The lowest BCUT2D eigenvalue weighted by Gasteiger charge is -2.23. The van der Waals surface area contributed by atoms with E-state index >= 15 is 0 Å². The number of hydrogen-bond donors (Lipinski definition) is 3. The summed E-state index contributed by atoms with van der Waals surface area (Å²) in [5, 5.41) is 12.7. The number of ketones is 1. The average Bonchev–Trinajstić information content (AvgIpc) is 3.28. The van der Waals surface area contributed by atoms with Gasteiger partial charge in [-0.1, -0.05) is 0 Å². The quantitative estimate of drug-likeness (QED) is 0.262. The number of benzene rings is 3. The van der Waals surface area contributed by atoms with Crippen molar-refractivity contribution in [3.05, 3.63) is 83.6 Å². The molecule has 11 heteroatoms. The third kappa shape index (κ3) is 5.73. The molecule has 3 aromatic carbocycles. The number of anilines is 1. The van der Waals surface area contributed by atoms with Gasteiger partial charge in [-0.05, 0) is 42.5 Å². The molecule has 0 saturated carbocycles. The molecule has 0 spiro atoms. The van der Waals surface area contributed by atoms with Crippen LogP contribution in [0.3, 0.4) is 0 Å². The van der Waals surface area contributed by atoms with Gasteiger partial charge in [-0.25, -0.2) is 17.2 Å². The second-order valence-electron chi connectivity index (χ2n) is 8.26. The topological polar surface area (TPSA) is 118 Å². The van der Waals surface area contributed by atoms with Crippen molar-refractivity contribution in [3.63, 3.8) is 0 Å². The van der Waals surface area contributed by atoms with Crippen LogP contribution < -0.4 is 14.8 Å². The number of methoxy groups -OCH3 is 1. The molecule has 0 amide bonds. The van der Waals surface area contributed by atoms with E-state index in [4.69, 9.17) is 9.47 Å². The van der Waals surface area contributed by atoms with E-state index in [1.165, 1.54) is 55.8 Å². The Morgan fingerprint density at radius 2 is 1.81 bits per heavy atom. The maximum atomic E-state index is 14.1. The molecule has 0 aliphatic rings. The summed E-state index contributed by atoms with van der Waals surface area (Å²) in [6, 6.07) is 10.6. The number of sulfone groups is 1. The Kier molecular flexibility index (Phi) is 7.46. The van der Waals surface area contributed by atoms with Crippen molar-refractivity contribution in [2.24, 2.45) is 0 Å². The van der Waals surface area contributed by atoms with E-state index in [-0.39, 0.29) is 46.4 Å². The fourth-order valence-electron chi connectivity index (χ4n) is 3.92. The zero-order valence-corrected chi connectivity index (χ0v) is 20.7. The first-order valence-electron chi connectivity index (χ1n) is 11.1. The average molecular weight is 531 g/mol. The number of aromatic amines is 1. The number of carbonyl (C=O) groups excluding carboxylic acids is 1. The van der Waals surface area contributed by atoms with Crippen LogP contribution in [-0.2, 0) is 9.84 Å². The van der Waals surface area contributed by atoms with Crippen LogP contribution in [0.4, 0.5) is 14.5 Å². The molecule has 0 bridgehead atoms. The van der Waals surface area contributed by atoms with Gasteiger partial charge in [0.05, 0.1) is 18.6 Å². The number of ether oxygens (including phenoxy) is 2. The first-order chi connectivity index (χ1) is 17.6. The molecule has 0 fully saturated rings. The zero-order chi connectivity index (χ0) is 26.7. The molecule has 1 aromatic heterocycles. The Hall–Kier alpha value is -3.96. The number of rotatable bonds is 10. The number of aliphatic hydroxyl groups excluding tert-OH is 1. The van der Waals surface area contributed by atoms with E-state index in [2.05, 4.69) is 10.3 Å². The largest absolute Gasteiger partial charge is 0.497 e. The minimum atomic E-state index is -3.63. The Labute approximate surface area is 211 Å². The van der Waals surface area contributed by atoms with Gasteiger partial charge in [0.1, 0.15) is 35.8 Å². The highest BCUT2D eigenvalue weighted by molar-refractivity contribution is 7.90. The predicted molar refractivity (Wildman–Crippen MR) is 134 cm³/mol. The standard InChI is InChI=1S/C26H24F2N2O6S/c1-35-18-11-17(12-19(13-18)37(2,33)34)30-25(21-6-4-16(28)10-24(21)36-8-7-31)26(32)22-14-29-23-9-15(27)3-5-20(22)23/h3-6,9-14,25,29-31H,7-8H2,1-2H3. The maximum absolute atomic E-state index is 14.1. The maximum Gasteiger partial charge on any atom is 0.191 e. The highest BCUT2D eigenvalue weighted by Crippen LogP contribution is 2.35. The van der Waals surface area contributed by atoms with E-state index in [0.29, 0.717) is 10.9 Å². The van der Waals surface area contributed by atoms with Gasteiger partial charge in [0.15, 0.2) is 15.6 Å². The van der Waals surface area contributed by atoms with Crippen molar-refractivity contribution in [3.8, 4) is 11.5 Å². The van der Waals surface area contributed by atoms with Gasteiger partial charge < -0.3 is 24.9 Å². The highest BCUT2D eigenvalue weighted by Gasteiger charge is 2.28. The van der Waals surface area contributed by atoms with Crippen molar-refractivity contribution in [1.82, 2.24) is 4.98 Å². The van der Waals surface area contributed by atoms with Crippen LogP contribution in [0.25, 0.3) is 10.9 Å². The van der Waals surface area contributed by atoms with Crippen molar-refractivity contribution in [2.45, 2.75) is 10.9 Å². The number of H-pyrrole nitrogens is 1. The molecule has 4 rings (SSSR count). The van der Waals surface area contributed by atoms with Crippen molar-refractivity contribution in [2.75, 3.05) is 31.9 Å². The Balaban J connectivity index is 1.87. The third-order valence-electron chi connectivity index (χ3n) is 5.66. The first kappa shape index (κ1) is 26.1. The van der Waals surface area contributed by atoms with Gasteiger partial charge in [0.2, 0.25) is 0 Å². The van der Waals surface area contributed by atoms with Crippen molar-refractivity contribution >= 4 is 32.2 Å². The number of carbonyl (C=O) groups is 1. The molecular weight excluding hydrogens is 506 g/mol. The third-order valence-corrected chi connectivity index (χ3v) is 6.75. The van der Waals surface area contributed by atoms with E-state index in [0.717, 1.165) is 18.4 Å². The summed E-state index contributed by atoms with van der Waals surface area (Å²) in [5.41, 5.74) is 1.09. The smallest absolute Gasteiger partial charge is 0.191 e. The fourth-order valence-corrected chi connectivity index (χ4v) is 4.59. The monoisotopic (exact) mass is 530 g/mol. The van der Waals surface area contributed by atoms with Gasteiger partial charge in [-0.2, -0.15) is 0 Å². The van der Waals surface area contributed by atoms with Crippen molar-refractivity contribution < 1.29 is 36.6 Å². The molecule has 4 aromatic rings. The fraction of sp³-hybridized carbons (Fsp3) is 0.192. The van der Waals surface area contributed by atoms with Gasteiger partial charge in [0, 0.05) is 52.3 Å². The number of Topliss-reactive ketones (excluding diaryl/α,β-unsaturated/α-hetero) is 1. The lowest BCUT2D eigenvalue weighted by Crippen LogP contribution is -2.22. The lowest BCUT2D eigenvalue weighted by atomic mass is 9.95. The van der Waals surface area contributed by atoms with E-state index in [1.54, 1.807) is 0 Å². The van der Waals surface area contributed by atoms with Crippen LogP contribution in [0.15, 0.2) is 65.7 Å². The number of nitrogens with one attached hydrogen (secondary N) is 2. The number of hydrogen-bond acceptors (Lipinski definition) is 7. The van der Waals surface area contributed by atoms with Crippen LogP contribution in [0, 0.1) is 11.6 Å². The van der Waals surface area contributed by atoms with Crippen LogP contribution in [0.1, 0.15) is 22.0 Å². The van der Waals surface area contributed by atoms with Crippen LogP contribution in [-0.4, -0.2) is 50.9 Å². The van der Waals surface area contributed by atoms with Crippen LogP contribution in [0.2, 0.25) is 0 Å². The molecule has 1 heterocycles. The van der Waals surface area contributed by atoms with Gasteiger partial charge >= 0.3 is 0 Å². The lowest BCUT2D eigenvalue weighted by molar-refractivity contribution is 0.0969. The molecule has 194 valence electrons. The van der Waals surface area contributed by atoms with E-state index in [9.17, 15) is 27.1 Å². The molecule has 0 radical (unpaired) electrons. The number of aromatic nitrogens is 1. The molecule has 3 N–H and O–H groups in total. The summed E-state index contributed by atoms with van der Waals surface area (Å²) < 4.78 is 63.1. The molecule has 0 aliphatic heterocycles. The summed E-state index contributed by atoms with van der Waals surface area (Å²) in [6.45, 7) is -0.495. The summed E-state index contributed by atoms with van der Waals surface area (Å²) in [7, 11) is -2.25. The Morgan fingerprint density at radius 3 is 2.51 bits per heavy atom. The molecule has 1 atom stereocenters. The highest BCUT2D eigenvalue weighted by atomic mass is 32.2. The molecule has 8 nitrogen and oxygen atoms in total. The minimum absolute atomic E-state index is 0.0111. The van der Waals surface area contributed by atoms with Crippen LogP contribution >= 0.6 is 0 Å². The van der Waals surface area contributed by atoms with Crippen LogP contribution in [0.5, 0.6) is 11.5 Å². The van der Waals surface area contributed by atoms with E-state index in [1.807, 2.05) is 0 Å². The number of aliphatic hydroxyl groups is 1. The summed E-state index contributed by atoms with van der Waals surface area (Å²) in [6.07, 6.45) is 2.48. The number of halogens is 2. The Bertz CT molecular complexity index is 1570. The SMILES string of the molecule is COc1cc(NC(C(=O)c2c[nH]c3cc(F)ccc23)c2ccc(F)cc2OCCO)cc(S(C)(=O)=O)c1. The minimum Gasteiger partial charge on any atom is -0.497 e. The van der Waals surface area contributed by atoms with Gasteiger partial charge in [-0.3, -0.25) is 4.79 Å².